The third-order valence-corrected chi connectivity index (χ3v) is 2.79. The van der Waals surface area contributed by atoms with Gasteiger partial charge in [0.2, 0.25) is 5.91 Å². The zero-order valence-corrected chi connectivity index (χ0v) is 8.69. The lowest BCUT2D eigenvalue weighted by molar-refractivity contribution is -0.156. The minimum absolute atomic E-state index is 0.0274. The highest BCUT2D eigenvalue weighted by molar-refractivity contribution is 6.34. The lowest BCUT2D eigenvalue weighted by Crippen LogP contribution is -2.31. The minimum Gasteiger partial charge on any atom is -0.325 e. The minimum atomic E-state index is -4.43. The first-order valence-corrected chi connectivity index (χ1v) is 4.92. The first-order chi connectivity index (χ1) is 7.39. The van der Waals surface area contributed by atoms with Crippen molar-refractivity contribution in [3.8, 4) is 0 Å². The number of benzene rings is 1. The Bertz CT molecular complexity index is 444. The van der Waals surface area contributed by atoms with Gasteiger partial charge in [0.1, 0.15) is 0 Å². The Kier molecular flexibility index (Phi) is 2.58. The lowest BCUT2D eigenvalue weighted by Gasteiger charge is -2.27. The molecular formula is C10H7ClF3NO. The molecule has 1 atom stereocenters. The summed E-state index contributed by atoms with van der Waals surface area (Å²) in [5.41, 5.74) is 0.0994. The summed E-state index contributed by atoms with van der Waals surface area (Å²) in [4.78, 5) is 11.2. The van der Waals surface area contributed by atoms with E-state index in [1.165, 1.54) is 18.2 Å². The molecule has 6 heteroatoms. The second kappa shape index (κ2) is 3.66. The van der Waals surface area contributed by atoms with E-state index in [0.29, 0.717) is 0 Å². The zero-order chi connectivity index (χ0) is 11.9. The standard InChI is InChI=1S/C10H7ClF3NO/c11-7-3-1-2-5-6(10(12,13)14)4-8(16)15-9(5)7/h1-3,6H,4H2,(H,15,16). The number of fused-ring (bicyclic) bond motifs is 1. The molecule has 0 saturated carbocycles. The Morgan fingerprint density at radius 3 is 2.69 bits per heavy atom. The van der Waals surface area contributed by atoms with Gasteiger partial charge in [-0.3, -0.25) is 4.79 Å². The van der Waals surface area contributed by atoms with Crippen molar-refractivity contribution in [1.29, 1.82) is 0 Å². The number of hydrogen-bond acceptors (Lipinski definition) is 1. The molecule has 0 aliphatic carbocycles. The molecule has 1 aliphatic rings. The first kappa shape index (κ1) is 11.3. The van der Waals surface area contributed by atoms with E-state index < -0.39 is 24.4 Å². The zero-order valence-electron chi connectivity index (χ0n) is 7.94. The predicted molar refractivity (Wildman–Crippen MR) is 53.5 cm³/mol. The van der Waals surface area contributed by atoms with Crippen LogP contribution in [0.2, 0.25) is 5.02 Å². The highest BCUT2D eigenvalue weighted by Gasteiger charge is 2.45. The van der Waals surface area contributed by atoms with Crippen LogP contribution in [0.15, 0.2) is 18.2 Å². The summed E-state index contributed by atoms with van der Waals surface area (Å²) in [7, 11) is 0. The molecule has 1 unspecified atom stereocenters. The monoisotopic (exact) mass is 249 g/mol. The van der Waals surface area contributed by atoms with Crippen LogP contribution in [0, 0.1) is 0 Å². The number of carbonyl (C=O) groups is 1. The van der Waals surface area contributed by atoms with Gasteiger partial charge in [-0.1, -0.05) is 23.7 Å². The lowest BCUT2D eigenvalue weighted by atomic mass is 9.90. The molecule has 0 spiro atoms. The number of nitrogens with one attached hydrogen (secondary N) is 1. The van der Waals surface area contributed by atoms with Crippen molar-refractivity contribution >= 4 is 23.2 Å². The van der Waals surface area contributed by atoms with Crippen LogP contribution in [0.3, 0.4) is 0 Å². The molecule has 1 aliphatic heterocycles. The van der Waals surface area contributed by atoms with Gasteiger partial charge < -0.3 is 5.32 Å². The smallest absolute Gasteiger partial charge is 0.325 e. The number of carbonyl (C=O) groups excluding carboxylic acids is 1. The van der Waals surface area contributed by atoms with Gasteiger partial charge in [-0.25, -0.2) is 0 Å². The van der Waals surface area contributed by atoms with Crippen LogP contribution in [0.25, 0.3) is 0 Å². The molecule has 1 aromatic rings. The molecule has 1 amide bonds. The number of hydrogen-bond donors (Lipinski definition) is 1. The Labute approximate surface area is 94.4 Å². The van der Waals surface area contributed by atoms with E-state index >= 15 is 0 Å². The highest BCUT2D eigenvalue weighted by Crippen LogP contribution is 2.45. The third kappa shape index (κ3) is 1.87. The topological polar surface area (TPSA) is 29.1 Å². The van der Waals surface area contributed by atoms with Gasteiger partial charge in [-0.15, -0.1) is 0 Å². The maximum atomic E-state index is 12.7. The molecule has 2 rings (SSSR count). The number of halogens is 4. The third-order valence-electron chi connectivity index (χ3n) is 2.47. The van der Waals surface area contributed by atoms with Crippen molar-refractivity contribution in [1.82, 2.24) is 0 Å². The predicted octanol–water partition coefficient (Wildman–Crippen LogP) is 3.33. The number of rotatable bonds is 0. The van der Waals surface area contributed by atoms with E-state index in [9.17, 15) is 18.0 Å². The Balaban J connectivity index is 2.55. The molecule has 2 nitrogen and oxygen atoms in total. The fourth-order valence-corrected chi connectivity index (χ4v) is 1.97. The van der Waals surface area contributed by atoms with Crippen molar-refractivity contribution in [2.24, 2.45) is 0 Å². The average molecular weight is 250 g/mol. The van der Waals surface area contributed by atoms with Crippen LogP contribution in [0.5, 0.6) is 0 Å². The van der Waals surface area contributed by atoms with Crippen molar-refractivity contribution < 1.29 is 18.0 Å². The molecular weight excluding hydrogens is 243 g/mol. The van der Waals surface area contributed by atoms with Gasteiger partial charge in [0.15, 0.2) is 0 Å². The Morgan fingerprint density at radius 2 is 2.06 bits per heavy atom. The Morgan fingerprint density at radius 1 is 1.38 bits per heavy atom. The summed E-state index contributed by atoms with van der Waals surface area (Å²) in [6, 6.07) is 4.22. The number of anilines is 1. The summed E-state index contributed by atoms with van der Waals surface area (Å²) >= 11 is 5.74. The van der Waals surface area contributed by atoms with E-state index in [4.69, 9.17) is 11.6 Å². The van der Waals surface area contributed by atoms with Gasteiger partial charge in [-0.05, 0) is 11.6 Å². The van der Waals surface area contributed by atoms with Gasteiger partial charge >= 0.3 is 6.18 Å². The summed E-state index contributed by atoms with van der Waals surface area (Å²) in [6.45, 7) is 0. The summed E-state index contributed by atoms with van der Waals surface area (Å²) < 4.78 is 38.1. The van der Waals surface area contributed by atoms with Crippen molar-refractivity contribution in [3.05, 3.63) is 28.8 Å². The van der Waals surface area contributed by atoms with Gasteiger partial charge in [0.25, 0.3) is 0 Å². The molecule has 0 radical (unpaired) electrons. The second-order valence-electron chi connectivity index (χ2n) is 3.55. The average Bonchev–Trinajstić information content (AvgIpc) is 2.17. The second-order valence-corrected chi connectivity index (χ2v) is 3.96. The maximum absolute atomic E-state index is 12.7. The van der Waals surface area contributed by atoms with Crippen LogP contribution < -0.4 is 5.32 Å². The molecule has 1 N–H and O–H groups in total. The van der Waals surface area contributed by atoms with Crippen LogP contribution in [-0.2, 0) is 4.79 Å². The molecule has 1 heterocycles. The van der Waals surface area contributed by atoms with Crippen molar-refractivity contribution in [2.45, 2.75) is 18.5 Å². The Hall–Kier alpha value is -1.23. The fraction of sp³-hybridized carbons (Fsp3) is 0.300. The molecule has 86 valence electrons. The summed E-state index contributed by atoms with van der Waals surface area (Å²) in [5.74, 6) is -2.43. The molecule has 0 bridgehead atoms. The maximum Gasteiger partial charge on any atom is 0.396 e. The summed E-state index contributed by atoms with van der Waals surface area (Å²) in [6.07, 6.45) is -5.02. The fourth-order valence-electron chi connectivity index (χ4n) is 1.74. The number of amides is 1. The highest BCUT2D eigenvalue weighted by atomic mass is 35.5. The van der Waals surface area contributed by atoms with E-state index in [1.807, 2.05) is 0 Å². The molecule has 16 heavy (non-hydrogen) atoms. The van der Waals surface area contributed by atoms with Crippen LogP contribution in [0.1, 0.15) is 17.9 Å². The summed E-state index contributed by atoms with van der Waals surface area (Å²) in [5, 5.41) is 2.48. The quantitative estimate of drug-likeness (QED) is 0.751. The normalized spacial score (nSPS) is 20.2. The van der Waals surface area contributed by atoms with Crippen LogP contribution in [0.4, 0.5) is 18.9 Å². The van der Waals surface area contributed by atoms with Gasteiger partial charge in [0.05, 0.1) is 16.6 Å². The first-order valence-electron chi connectivity index (χ1n) is 4.54. The molecule has 0 saturated heterocycles. The molecule has 0 fully saturated rings. The largest absolute Gasteiger partial charge is 0.396 e. The van der Waals surface area contributed by atoms with E-state index in [0.717, 1.165) is 0 Å². The molecule has 1 aromatic carbocycles. The van der Waals surface area contributed by atoms with E-state index in [-0.39, 0.29) is 16.3 Å². The van der Waals surface area contributed by atoms with E-state index in [2.05, 4.69) is 5.32 Å². The van der Waals surface area contributed by atoms with E-state index in [1.54, 1.807) is 0 Å². The van der Waals surface area contributed by atoms with Crippen LogP contribution in [-0.4, -0.2) is 12.1 Å². The van der Waals surface area contributed by atoms with Gasteiger partial charge in [0, 0.05) is 6.42 Å². The SMILES string of the molecule is O=C1CC(C(F)(F)F)c2cccc(Cl)c2N1. The number of alkyl halides is 3. The molecule has 0 aromatic heterocycles. The van der Waals surface area contributed by atoms with Gasteiger partial charge in [-0.2, -0.15) is 13.2 Å². The van der Waals surface area contributed by atoms with Crippen LogP contribution >= 0.6 is 11.6 Å². The number of para-hydroxylation sites is 1. The van der Waals surface area contributed by atoms with Crippen molar-refractivity contribution in [2.75, 3.05) is 5.32 Å². The van der Waals surface area contributed by atoms with Crippen molar-refractivity contribution in [3.63, 3.8) is 0 Å².